The van der Waals surface area contributed by atoms with Crippen molar-refractivity contribution in [3.05, 3.63) is 50.0 Å². The fourth-order valence-electron chi connectivity index (χ4n) is 3.22. The van der Waals surface area contributed by atoms with Crippen LogP contribution in [0.4, 0.5) is 0 Å². The second kappa shape index (κ2) is 7.38. The van der Waals surface area contributed by atoms with E-state index in [0.717, 1.165) is 12.8 Å². The van der Waals surface area contributed by atoms with E-state index in [1.54, 1.807) is 35.8 Å². The number of aromatic hydroxyl groups is 1. The van der Waals surface area contributed by atoms with Crippen molar-refractivity contribution in [2.75, 3.05) is 14.1 Å². The number of nitrogens with one attached hydrogen (secondary N) is 2. The van der Waals surface area contributed by atoms with Crippen LogP contribution in [0.1, 0.15) is 36.0 Å². The lowest BCUT2D eigenvalue weighted by molar-refractivity contribution is -0.123. The molecule has 0 bridgehead atoms. The summed E-state index contributed by atoms with van der Waals surface area (Å²) < 4.78 is 1.56. The summed E-state index contributed by atoms with van der Waals surface area (Å²) in [4.78, 5) is 44.8. The van der Waals surface area contributed by atoms with Crippen molar-refractivity contribution in [3.8, 4) is 5.88 Å². The van der Waals surface area contributed by atoms with Crippen molar-refractivity contribution in [3.63, 3.8) is 0 Å². The number of allylic oxidation sites excluding steroid dienone is 1. The van der Waals surface area contributed by atoms with Crippen LogP contribution in [0.3, 0.4) is 0 Å². The van der Waals surface area contributed by atoms with Crippen LogP contribution >= 0.6 is 11.8 Å². The first-order valence-corrected chi connectivity index (χ1v) is 10.7. The van der Waals surface area contributed by atoms with Crippen molar-refractivity contribution in [1.82, 2.24) is 34.4 Å². The van der Waals surface area contributed by atoms with Gasteiger partial charge in [0, 0.05) is 19.3 Å². The van der Waals surface area contributed by atoms with Gasteiger partial charge in [0.05, 0.1) is 22.4 Å². The lowest BCUT2D eigenvalue weighted by atomic mass is 10.2. The number of carbonyl (C=O) groups excluding carboxylic acids is 1. The Morgan fingerprint density at radius 3 is 2.84 bits per heavy atom. The lowest BCUT2D eigenvalue weighted by Crippen LogP contribution is -2.25. The van der Waals surface area contributed by atoms with Gasteiger partial charge >= 0.3 is 5.69 Å². The minimum atomic E-state index is -0.508. The van der Waals surface area contributed by atoms with E-state index in [2.05, 4.69) is 25.0 Å². The number of amides is 1. The Labute approximate surface area is 179 Å². The molecular formula is C19H20N8O3S. The largest absolute Gasteiger partial charge is 0.493 e. The Kier molecular flexibility index (Phi) is 4.65. The Bertz CT molecular complexity index is 1400. The van der Waals surface area contributed by atoms with Gasteiger partial charge in [0.15, 0.2) is 5.65 Å². The third-order valence-corrected chi connectivity index (χ3v) is 6.25. The molecule has 1 aliphatic heterocycles. The Balaban J connectivity index is 1.61. The van der Waals surface area contributed by atoms with Gasteiger partial charge in [0.25, 0.3) is 5.91 Å². The standard InChI is InChI=1S/C19H20N8O3S/c1-26(2)17(29)13-6-5-12(31-13)14-23-15-9(7-11-16(28)25-19(30)22-11)8-20-27(15)18(24-14)21-10-3-4-10/h6-8,10,12,28H,3-5H2,1-2H3,(H2,22,25,30). The fraction of sp³-hybridized carbons (Fsp3) is 0.368. The summed E-state index contributed by atoms with van der Waals surface area (Å²) in [5.74, 6) is 0.266. The number of hydrogen-bond donors (Lipinski definition) is 3. The zero-order chi connectivity index (χ0) is 21.7. The molecule has 1 atom stereocenters. The van der Waals surface area contributed by atoms with Crippen LogP contribution < -0.4 is 16.5 Å². The van der Waals surface area contributed by atoms with Gasteiger partial charge in [-0.15, -0.1) is 11.8 Å². The van der Waals surface area contributed by atoms with Gasteiger partial charge in [-0.2, -0.15) is 14.6 Å². The third-order valence-electron chi connectivity index (χ3n) is 4.97. The number of rotatable bonds is 4. The number of aromatic nitrogens is 6. The first-order chi connectivity index (χ1) is 14.9. The van der Waals surface area contributed by atoms with Crippen LogP contribution in [0.5, 0.6) is 5.88 Å². The van der Waals surface area contributed by atoms with Crippen LogP contribution in [0.15, 0.2) is 27.0 Å². The highest BCUT2D eigenvalue weighted by atomic mass is 32.2. The maximum Gasteiger partial charge on any atom is 0.326 e. The number of imidazole rings is 1. The maximum absolute atomic E-state index is 12.3. The van der Waals surface area contributed by atoms with Crippen LogP contribution in [0.2, 0.25) is 0 Å². The van der Waals surface area contributed by atoms with Crippen molar-refractivity contribution < 1.29 is 9.90 Å². The average molecular weight is 440 g/mol. The number of aromatic amines is 2. The molecule has 160 valence electrons. The van der Waals surface area contributed by atoms with Gasteiger partial charge in [0.2, 0.25) is 11.5 Å². The Hall–Kier alpha value is -3.41. The predicted octanol–water partition coefficient (Wildman–Crippen LogP) is -0.393. The number of carbonyl (C=O) groups is 1. The van der Waals surface area contributed by atoms with E-state index in [4.69, 9.17) is 4.98 Å². The molecule has 12 heteroatoms. The molecule has 2 aliphatic rings. The van der Waals surface area contributed by atoms with Crippen LogP contribution in [0, 0.1) is 0 Å². The second-order valence-electron chi connectivity index (χ2n) is 7.67. The van der Waals surface area contributed by atoms with Crippen LogP contribution in [0.25, 0.3) is 11.7 Å². The number of hydrogen-bond acceptors (Lipinski definition) is 8. The number of thioether (sulfide) groups is 1. The van der Waals surface area contributed by atoms with Crippen molar-refractivity contribution in [2.45, 2.75) is 30.6 Å². The van der Waals surface area contributed by atoms with E-state index in [1.165, 1.54) is 11.8 Å². The summed E-state index contributed by atoms with van der Waals surface area (Å²) in [5, 5.41) is 14.8. The summed E-state index contributed by atoms with van der Waals surface area (Å²) in [6, 6.07) is 0.230. The molecule has 0 saturated heterocycles. The van der Waals surface area contributed by atoms with E-state index in [-0.39, 0.29) is 28.8 Å². The maximum atomic E-state index is 12.3. The van der Waals surface area contributed by atoms with Crippen molar-refractivity contribution in [1.29, 1.82) is 0 Å². The molecule has 3 N–H and O–H groups in total. The molecule has 1 amide bonds. The molecule has 0 aromatic carbocycles. The molecule has 1 fully saturated rings. The van der Waals surface area contributed by atoms with Gasteiger partial charge in [-0.3, -0.25) is 9.78 Å². The van der Waals surface area contributed by atoms with Crippen LogP contribution in [-0.4, -0.2) is 65.6 Å². The molecule has 1 unspecified atom stereocenters. The highest BCUT2D eigenvalue weighted by Crippen LogP contribution is 2.42. The molecule has 0 spiro atoms. The number of fused-ring (bicyclic) bond motifs is 1. The predicted molar refractivity (Wildman–Crippen MR) is 113 cm³/mol. The third kappa shape index (κ3) is 3.74. The first kappa shape index (κ1) is 19.5. The molecule has 3 aromatic heterocycles. The van der Waals surface area contributed by atoms with E-state index < -0.39 is 5.69 Å². The zero-order valence-corrected chi connectivity index (χ0v) is 17.7. The summed E-state index contributed by atoms with van der Waals surface area (Å²) in [7, 11) is 3.45. The average Bonchev–Trinajstić information content (AvgIpc) is 3.12. The van der Waals surface area contributed by atoms with E-state index in [9.17, 15) is 14.7 Å². The molecule has 3 aromatic rings. The number of H-pyrrole nitrogens is 2. The molecule has 5 rings (SSSR count). The normalized spacial score (nSPS) is 19.9. The molecular weight excluding hydrogens is 420 g/mol. The Morgan fingerprint density at radius 2 is 2.16 bits per heavy atom. The number of nitrogens with zero attached hydrogens (tertiary/aromatic N) is 6. The summed E-state index contributed by atoms with van der Waals surface area (Å²) >= 11 is 1.44. The second-order valence-corrected chi connectivity index (χ2v) is 8.92. The highest BCUT2D eigenvalue weighted by molar-refractivity contribution is 8.04. The number of likely N-dealkylation sites (N-methyl/N-ethyl adjacent to an activating group) is 1. The zero-order valence-electron chi connectivity index (χ0n) is 16.9. The van der Waals surface area contributed by atoms with E-state index in [0.29, 0.717) is 33.6 Å². The fourth-order valence-corrected chi connectivity index (χ4v) is 4.41. The van der Waals surface area contributed by atoms with Crippen molar-refractivity contribution >= 4 is 29.4 Å². The molecule has 4 heterocycles. The summed E-state index contributed by atoms with van der Waals surface area (Å²) in [6.07, 6.45) is 7.76. The van der Waals surface area contributed by atoms with Crippen LogP contribution in [-0.2, 0) is 4.79 Å². The van der Waals surface area contributed by atoms with Gasteiger partial charge in [-0.1, -0.05) is 6.08 Å². The van der Waals surface area contributed by atoms with Gasteiger partial charge in [0.1, 0.15) is 11.5 Å². The molecule has 1 aliphatic carbocycles. The smallest absolute Gasteiger partial charge is 0.326 e. The minimum absolute atomic E-state index is 0.0401. The van der Waals surface area contributed by atoms with Crippen molar-refractivity contribution in [2.24, 2.45) is 4.99 Å². The van der Waals surface area contributed by atoms with E-state index >= 15 is 0 Å². The monoisotopic (exact) mass is 440 g/mol. The highest BCUT2D eigenvalue weighted by Gasteiger charge is 2.28. The SMILES string of the molecule is CN(C)C(=O)C1=CCC(c2nc(=NC3CC3)n3ncc(=Cc4[nH]c(=O)[nH]c4O)c3n2)S1. The minimum Gasteiger partial charge on any atom is -0.493 e. The molecule has 31 heavy (non-hydrogen) atoms. The summed E-state index contributed by atoms with van der Waals surface area (Å²) in [5.41, 5.74) is 0.698. The quantitative estimate of drug-likeness (QED) is 0.501. The Morgan fingerprint density at radius 1 is 1.35 bits per heavy atom. The lowest BCUT2D eigenvalue weighted by Gasteiger charge is -2.12. The topological polar surface area (TPSA) is 145 Å². The first-order valence-electron chi connectivity index (χ1n) is 9.80. The summed E-state index contributed by atoms with van der Waals surface area (Å²) in [6.45, 7) is 0. The van der Waals surface area contributed by atoms with E-state index in [1.807, 2.05) is 6.08 Å². The molecule has 1 saturated carbocycles. The molecule has 0 radical (unpaired) electrons. The van der Waals surface area contributed by atoms with Gasteiger partial charge in [-0.25, -0.2) is 14.8 Å². The van der Waals surface area contributed by atoms with Gasteiger partial charge < -0.3 is 15.0 Å². The van der Waals surface area contributed by atoms with Gasteiger partial charge in [-0.05, 0) is 25.3 Å². The molecule has 11 nitrogen and oxygen atoms in total.